The Morgan fingerprint density at radius 1 is 1.03 bits per heavy atom. The van der Waals surface area contributed by atoms with Crippen molar-refractivity contribution in [3.8, 4) is 5.75 Å². The van der Waals surface area contributed by atoms with E-state index in [0.29, 0.717) is 18.9 Å². The smallest absolute Gasteiger partial charge is 0.192 e. The van der Waals surface area contributed by atoms with Crippen LogP contribution in [0.15, 0.2) is 88.4 Å². The third kappa shape index (κ3) is 5.24. The van der Waals surface area contributed by atoms with Gasteiger partial charge in [-0.3, -0.25) is 4.99 Å². The first-order chi connectivity index (χ1) is 16.5. The Hall–Kier alpha value is -2.83. The Morgan fingerprint density at radius 2 is 1.77 bits per heavy atom. The van der Waals surface area contributed by atoms with Crippen LogP contribution in [0.4, 0.5) is 0 Å². The Morgan fingerprint density at radius 3 is 2.49 bits per heavy atom. The molecule has 0 fully saturated rings. The Kier molecular flexibility index (Phi) is 6.98. The molecule has 3 N–H and O–H groups in total. The van der Waals surface area contributed by atoms with Crippen LogP contribution in [0.5, 0.6) is 5.75 Å². The summed E-state index contributed by atoms with van der Waals surface area (Å²) in [6.07, 6.45) is 14.2. The number of dihydropyridines is 1. The second-order valence-electron chi connectivity index (χ2n) is 11.1. The van der Waals surface area contributed by atoms with Gasteiger partial charge >= 0.3 is 0 Å². The van der Waals surface area contributed by atoms with Crippen LogP contribution in [0.3, 0.4) is 0 Å². The molecular formula is C29H39N3O2Si. The number of nitrogens with zero attached hydrogens (tertiary/aromatic N) is 1. The number of hydrogen-bond donors (Lipinski definition) is 2. The van der Waals surface area contributed by atoms with Crippen LogP contribution >= 0.6 is 0 Å². The highest BCUT2D eigenvalue weighted by Crippen LogP contribution is 2.38. The lowest BCUT2D eigenvalue weighted by atomic mass is 9.74. The highest BCUT2D eigenvalue weighted by atomic mass is 28.4. The Balaban J connectivity index is 1.32. The molecule has 0 aromatic heterocycles. The van der Waals surface area contributed by atoms with E-state index >= 15 is 0 Å². The quantitative estimate of drug-likeness (QED) is 0.350. The molecule has 3 aliphatic rings. The van der Waals surface area contributed by atoms with Crippen LogP contribution < -0.4 is 15.8 Å². The van der Waals surface area contributed by atoms with E-state index in [-0.39, 0.29) is 5.04 Å². The second kappa shape index (κ2) is 9.67. The largest absolute Gasteiger partial charge is 0.491 e. The molecule has 0 amide bonds. The van der Waals surface area contributed by atoms with Crippen molar-refractivity contribution in [1.29, 1.82) is 0 Å². The Bertz CT molecular complexity index is 1150. The van der Waals surface area contributed by atoms with Crippen molar-refractivity contribution in [1.82, 2.24) is 5.32 Å². The molecule has 6 heteroatoms. The maximum atomic E-state index is 6.29. The summed E-state index contributed by atoms with van der Waals surface area (Å²) >= 11 is 0. The van der Waals surface area contributed by atoms with Gasteiger partial charge in [0.05, 0.1) is 24.2 Å². The van der Waals surface area contributed by atoms with Gasteiger partial charge in [0.2, 0.25) is 0 Å². The zero-order valence-corrected chi connectivity index (χ0v) is 22.9. The first kappa shape index (κ1) is 25.3. The molecular weight excluding hydrogens is 450 g/mol. The van der Waals surface area contributed by atoms with E-state index in [1.807, 2.05) is 0 Å². The summed E-state index contributed by atoms with van der Waals surface area (Å²) in [4.78, 5) is 4.67. The van der Waals surface area contributed by atoms with Gasteiger partial charge in [-0.1, -0.05) is 51.1 Å². The normalized spacial score (nSPS) is 21.5. The Labute approximate surface area is 211 Å². The molecule has 1 spiro atoms. The predicted octanol–water partition coefficient (Wildman–Crippen LogP) is 5.94. The van der Waals surface area contributed by atoms with Gasteiger partial charge in [-0.15, -0.1) is 0 Å². The van der Waals surface area contributed by atoms with Gasteiger partial charge in [0.15, 0.2) is 8.32 Å². The van der Waals surface area contributed by atoms with Crippen molar-refractivity contribution in [2.75, 3.05) is 13.2 Å². The van der Waals surface area contributed by atoms with Crippen molar-refractivity contribution >= 4 is 14.0 Å². The van der Waals surface area contributed by atoms with Crippen molar-refractivity contribution in [3.05, 3.63) is 88.9 Å². The predicted molar refractivity (Wildman–Crippen MR) is 148 cm³/mol. The summed E-state index contributed by atoms with van der Waals surface area (Å²) in [5, 5.41) is 3.96. The lowest BCUT2D eigenvalue weighted by molar-refractivity contribution is 0.203. The fourth-order valence-electron chi connectivity index (χ4n) is 4.38. The maximum absolute atomic E-state index is 6.29. The number of benzene rings is 1. The van der Waals surface area contributed by atoms with Crippen molar-refractivity contribution in [2.45, 2.75) is 64.2 Å². The molecule has 0 saturated carbocycles. The molecule has 5 nitrogen and oxygen atoms in total. The van der Waals surface area contributed by atoms with Crippen LogP contribution in [0, 0.1) is 0 Å². The van der Waals surface area contributed by atoms with E-state index in [2.05, 4.69) is 106 Å². The number of aliphatic imine (C=N–C) groups is 1. The molecule has 0 bridgehead atoms. The molecule has 1 aliphatic carbocycles. The molecule has 1 unspecified atom stereocenters. The molecule has 1 aromatic carbocycles. The van der Waals surface area contributed by atoms with E-state index in [4.69, 9.17) is 14.9 Å². The summed E-state index contributed by atoms with van der Waals surface area (Å²) in [6.45, 7) is 14.6. The monoisotopic (exact) mass is 489 g/mol. The van der Waals surface area contributed by atoms with Gasteiger partial charge in [0.1, 0.15) is 17.9 Å². The minimum absolute atomic E-state index is 0.214. The van der Waals surface area contributed by atoms with Crippen molar-refractivity contribution < 1.29 is 9.16 Å². The van der Waals surface area contributed by atoms with Gasteiger partial charge < -0.3 is 20.2 Å². The van der Waals surface area contributed by atoms with Crippen LogP contribution in [0.2, 0.25) is 18.1 Å². The summed E-state index contributed by atoms with van der Waals surface area (Å²) in [6, 6.07) is 8.40. The number of nitrogens with one attached hydrogen (secondary N) is 1. The number of allylic oxidation sites excluding steroid dienone is 5. The zero-order valence-electron chi connectivity index (χ0n) is 21.9. The summed E-state index contributed by atoms with van der Waals surface area (Å²) in [7, 11) is -1.73. The average Bonchev–Trinajstić information content (AvgIpc) is 2.80. The summed E-state index contributed by atoms with van der Waals surface area (Å²) in [5.74, 6) is 0.883. The van der Waals surface area contributed by atoms with Crippen molar-refractivity contribution in [2.24, 2.45) is 10.7 Å². The molecule has 0 radical (unpaired) electrons. The number of hydrogen-bond acceptors (Lipinski definition) is 5. The standard InChI is InChI=1S/C29H39N3O2Si/c1-21-8-7-17-29-25(26(30)20-31-27(21)29)16-13-23(32-29)12-9-22-10-14-24(15-11-22)33-18-19-34-35(5,6)28(2,3)4/h7-8,10-11,13-17,20,32H,9,12,18-19,30H2,1-6H3. The first-order valence-electron chi connectivity index (χ1n) is 12.5. The van der Waals surface area contributed by atoms with Crippen LogP contribution in [-0.4, -0.2) is 32.8 Å². The fourth-order valence-corrected chi connectivity index (χ4v) is 5.41. The van der Waals surface area contributed by atoms with Gasteiger partial charge in [-0.25, -0.2) is 0 Å². The highest BCUT2D eigenvalue weighted by molar-refractivity contribution is 6.74. The third-order valence-electron chi connectivity index (χ3n) is 7.54. The van der Waals surface area contributed by atoms with E-state index < -0.39 is 13.9 Å². The maximum Gasteiger partial charge on any atom is 0.192 e. The zero-order chi connectivity index (χ0) is 25.3. The molecule has 186 valence electrons. The van der Waals surface area contributed by atoms with E-state index in [0.717, 1.165) is 35.4 Å². The molecule has 2 heterocycles. The van der Waals surface area contributed by atoms with Gasteiger partial charge in [-0.2, -0.15) is 0 Å². The number of ether oxygens (including phenoxy) is 1. The highest BCUT2D eigenvalue weighted by Gasteiger charge is 2.43. The molecule has 35 heavy (non-hydrogen) atoms. The van der Waals surface area contributed by atoms with Crippen molar-refractivity contribution in [3.63, 3.8) is 0 Å². The summed E-state index contributed by atoms with van der Waals surface area (Å²) in [5.41, 5.74) is 12.2. The minimum Gasteiger partial charge on any atom is -0.491 e. The SMILES string of the molecule is CC1=CC=CC23NC(CCc4ccc(OCCO[Si](C)(C)C(C)(C)C)cc4)=CC=C2C(N)=CN=C13. The number of aryl methyl sites for hydroxylation is 1. The van der Waals surface area contributed by atoms with Gasteiger partial charge in [-0.05, 0) is 73.3 Å². The van der Waals surface area contributed by atoms with Gasteiger partial charge in [0, 0.05) is 11.3 Å². The van der Waals surface area contributed by atoms with Crippen LogP contribution in [0.1, 0.15) is 39.7 Å². The molecule has 2 aliphatic heterocycles. The van der Waals surface area contributed by atoms with Crippen LogP contribution in [-0.2, 0) is 10.8 Å². The number of rotatable bonds is 8. The minimum atomic E-state index is -1.73. The molecule has 4 rings (SSSR count). The molecule has 1 aromatic rings. The fraction of sp³-hybridized carbons (Fsp3) is 0.414. The summed E-state index contributed by atoms with van der Waals surface area (Å²) < 4.78 is 12.1. The van der Waals surface area contributed by atoms with E-state index in [1.54, 1.807) is 6.20 Å². The third-order valence-corrected chi connectivity index (χ3v) is 12.1. The molecule has 1 atom stereocenters. The first-order valence-corrected chi connectivity index (χ1v) is 15.4. The lowest BCUT2D eigenvalue weighted by Gasteiger charge is -2.42. The van der Waals surface area contributed by atoms with E-state index in [9.17, 15) is 0 Å². The topological polar surface area (TPSA) is 68.9 Å². The molecule has 0 saturated heterocycles. The van der Waals surface area contributed by atoms with Gasteiger partial charge in [0.25, 0.3) is 0 Å². The van der Waals surface area contributed by atoms with E-state index in [1.165, 1.54) is 11.3 Å². The number of nitrogens with two attached hydrogens (primary N) is 1. The average molecular weight is 490 g/mol. The van der Waals surface area contributed by atoms with Crippen LogP contribution in [0.25, 0.3) is 0 Å². The second-order valence-corrected chi connectivity index (χ2v) is 15.9. The lowest BCUT2D eigenvalue weighted by Crippen LogP contribution is -2.56.